The Kier molecular flexibility index (Phi) is 3.64. The smallest absolute Gasteiger partial charge is 0.246 e. The molecule has 0 spiro atoms. The van der Waals surface area contributed by atoms with Crippen molar-refractivity contribution in [1.82, 2.24) is 5.32 Å². The second-order valence-electron chi connectivity index (χ2n) is 4.08. The molecule has 0 fully saturated rings. The first-order valence-electron chi connectivity index (χ1n) is 6.07. The van der Waals surface area contributed by atoms with E-state index in [0.29, 0.717) is 6.61 Å². The number of likely N-dealkylation sites (N-methyl/N-ethyl adjacent to an activating group) is 1. The minimum absolute atomic E-state index is 0.00879. The van der Waals surface area contributed by atoms with Gasteiger partial charge in [-0.25, -0.2) is 0 Å². The SMILES string of the molecule is CCCOc1ccc2c(c1)C(NCC)C(=O)N2. The molecule has 0 aromatic heterocycles. The van der Waals surface area contributed by atoms with Gasteiger partial charge in [-0.05, 0) is 31.2 Å². The fourth-order valence-electron chi connectivity index (χ4n) is 1.96. The summed E-state index contributed by atoms with van der Waals surface area (Å²) in [5.41, 5.74) is 1.86. The highest BCUT2D eigenvalue weighted by Gasteiger charge is 2.29. The van der Waals surface area contributed by atoms with E-state index in [-0.39, 0.29) is 11.9 Å². The number of fused-ring (bicyclic) bond motifs is 1. The van der Waals surface area contributed by atoms with Gasteiger partial charge in [-0.2, -0.15) is 0 Å². The number of nitrogens with one attached hydrogen (secondary N) is 2. The molecule has 4 nitrogen and oxygen atoms in total. The molecule has 0 saturated heterocycles. The molecule has 0 saturated carbocycles. The Balaban J connectivity index is 2.22. The summed E-state index contributed by atoms with van der Waals surface area (Å²) in [7, 11) is 0. The molecule has 1 aromatic carbocycles. The predicted octanol–water partition coefficient (Wildman–Crippen LogP) is 2.08. The molecule has 0 bridgehead atoms. The van der Waals surface area contributed by atoms with Crippen molar-refractivity contribution in [2.75, 3.05) is 18.5 Å². The third-order valence-corrected chi connectivity index (χ3v) is 2.74. The van der Waals surface area contributed by atoms with Gasteiger partial charge in [-0.3, -0.25) is 4.79 Å². The Morgan fingerprint density at radius 1 is 1.41 bits per heavy atom. The second-order valence-corrected chi connectivity index (χ2v) is 4.08. The Hall–Kier alpha value is -1.55. The van der Waals surface area contributed by atoms with Crippen molar-refractivity contribution in [3.8, 4) is 5.75 Å². The summed E-state index contributed by atoms with van der Waals surface area (Å²) in [6, 6.07) is 5.48. The van der Waals surface area contributed by atoms with E-state index in [0.717, 1.165) is 30.0 Å². The van der Waals surface area contributed by atoms with Crippen LogP contribution in [0.5, 0.6) is 5.75 Å². The van der Waals surface area contributed by atoms with Gasteiger partial charge >= 0.3 is 0 Å². The zero-order chi connectivity index (χ0) is 12.3. The van der Waals surface area contributed by atoms with E-state index >= 15 is 0 Å². The molecule has 1 atom stereocenters. The van der Waals surface area contributed by atoms with E-state index in [4.69, 9.17) is 4.74 Å². The highest BCUT2D eigenvalue weighted by atomic mass is 16.5. The average Bonchev–Trinajstić information content (AvgIpc) is 2.64. The third kappa shape index (κ3) is 2.42. The van der Waals surface area contributed by atoms with Crippen LogP contribution in [0.3, 0.4) is 0 Å². The highest BCUT2D eigenvalue weighted by molar-refractivity contribution is 6.02. The van der Waals surface area contributed by atoms with E-state index < -0.39 is 0 Å². The first-order chi connectivity index (χ1) is 8.26. The lowest BCUT2D eigenvalue weighted by Crippen LogP contribution is -2.27. The number of carbonyl (C=O) groups excluding carboxylic acids is 1. The van der Waals surface area contributed by atoms with Gasteiger partial charge in [0, 0.05) is 11.3 Å². The van der Waals surface area contributed by atoms with Gasteiger partial charge in [-0.1, -0.05) is 13.8 Å². The first-order valence-corrected chi connectivity index (χ1v) is 6.07. The highest BCUT2D eigenvalue weighted by Crippen LogP contribution is 2.33. The third-order valence-electron chi connectivity index (χ3n) is 2.74. The molecule has 4 heteroatoms. The van der Waals surface area contributed by atoms with Crippen LogP contribution in [-0.2, 0) is 4.79 Å². The maximum atomic E-state index is 11.7. The predicted molar refractivity (Wildman–Crippen MR) is 67.3 cm³/mol. The minimum Gasteiger partial charge on any atom is -0.494 e. The number of amides is 1. The topological polar surface area (TPSA) is 50.4 Å². The first kappa shape index (κ1) is 11.9. The van der Waals surface area contributed by atoms with Crippen molar-refractivity contribution < 1.29 is 9.53 Å². The summed E-state index contributed by atoms with van der Waals surface area (Å²) in [4.78, 5) is 11.7. The van der Waals surface area contributed by atoms with E-state index in [2.05, 4.69) is 17.6 Å². The van der Waals surface area contributed by atoms with Crippen LogP contribution in [0.4, 0.5) is 5.69 Å². The molecule has 0 radical (unpaired) electrons. The molecule has 1 unspecified atom stereocenters. The van der Waals surface area contributed by atoms with Gasteiger partial charge in [-0.15, -0.1) is 0 Å². The number of rotatable bonds is 5. The second kappa shape index (κ2) is 5.19. The molecule has 92 valence electrons. The van der Waals surface area contributed by atoms with Gasteiger partial charge < -0.3 is 15.4 Å². The molecule has 1 aromatic rings. The normalized spacial score (nSPS) is 17.8. The molecule has 2 rings (SSSR count). The summed E-state index contributed by atoms with van der Waals surface area (Å²) in [5, 5.41) is 6.02. The van der Waals surface area contributed by atoms with Gasteiger partial charge in [0.05, 0.1) is 6.61 Å². The van der Waals surface area contributed by atoms with Crippen LogP contribution in [0.15, 0.2) is 18.2 Å². The van der Waals surface area contributed by atoms with E-state index in [9.17, 15) is 4.79 Å². The Labute approximate surface area is 101 Å². The maximum Gasteiger partial charge on any atom is 0.246 e. The monoisotopic (exact) mass is 234 g/mol. The number of anilines is 1. The van der Waals surface area contributed by atoms with Gasteiger partial charge in [0.15, 0.2) is 0 Å². The van der Waals surface area contributed by atoms with Crippen LogP contribution < -0.4 is 15.4 Å². The van der Waals surface area contributed by atoms with E-state index in [1.54, 1.807) is 0 Å². The Morgan fingerprint density at radius 2 is 2.24 bits per heavy atom. The summed E-state index contributed by atoms with van der Waals surface area (Å²) in [6.07, 6.45) is 0.977. The molecule has 0 aliphatic carbocycles. The van der Waals surface area contributed by atoms with Crippen LogP contribution in [0.2, 0.25) is 0 Å². The lowest BCUT2D eigenvalue weighted by Gasteiger charge is -2.11. The molecule has 1 amide bonds. The van der Waals surface area contributed by atoms with Crippen molar-refractivity contribution in [2.24, 2.45) is 0 Å². The van der Waals surface area contributed by atoms with Crippen LogP contribution >= 0.6 is 0 Å². The van der Waals surface area contributed by atoms with Crippen molar-refractivity contribution in [2.45, 2.75) is 26.3 Å². The summed E-state index contributed by atoms with van der Waals surface area (Å²) < 4.78 is 5.58. The number of benzene rings is 1. The van der Waals surface area contributed by atoms with Gasteiger partial charge in [0.1, 0.15) is 11.8 Å². The molecular formula is C13H18N2O2. The maximum absolute atomic E-state index is 11.7. The van der Waals surface area contributed by atoms with Crippen LogP contribution in [0.25, 0.3) is 0 Å². The van der Waals surface area contributed by atoms with Crippen molar-refractivity contribution >= 4 is 11.6 Å². The van der Waals surface area contributed by atoms with Gasteiger partial charge in [0.2, 0.25) is 5.91 Å². The lowest BCUT2D eigenvalue weighted by atomic mass is 10.1. The number of carbonyl (C=O) groups is 1. The zero-order valence-corrected chi connectivity index (χ0v) is 10.2. The molecule has 17 heavy (non-hydrogen) atoms. The summed E-state index contributed by atoms with van der Waals surface area (Å²) in [5.74, 6) is 0.833. The molecule has 2 N–H and O–H groups in total. The lowest BCUT2D eigenvalue weighted by molar-refractivity contribution is -0.117. The number of hydrogen-bond donors (Lipinski definition) is 2. The minimum atomic E-state index is -0.250. The zero-order valence-electron chi connectivity index (χ0n) is 10.2. The molecule has 1 aliphatic rings. The van der Waals surface area contributed by atoms with Crippen LogP contribution in [0, 0.1) is 0 Å². The number of ether oxygens (including phenoxy) is 1. The summed E-state index contributed by atoms with van der Waals surface area (Å²) in [6.45, 7) is 5.52. The van der Waals surface area contributed by atoms with E-state index in [1.165, 1.54) is 0 Å². The van der Waals surface area contributed by atoms with Crippen molar-refractivity contribution in [3.05, 3.63) is 23.8 Å². The van der Waals surface area contributed by atoms with Crippen LogP contribution in [0.1, 0.15) is 31.9 Å². The van der Waals surface area contributed by atoms with Crippen molar-refractivity contribution in [1.29, 1.82) is 0 Å². The molecular weight excluding hydrogens is 216 g/mol. The van der Waals surface area contributed by atoms with Gasteiger partial charge in [0.25, 0.3) is 0 Å². The fourth-order valence-corrected chi connectivity index (χ4v) is 1.96. The Morgan fingerprint density at radius 3 is 2.94 bits per heavy atom. The summed E-state index contributed by atoms with van der Waals surface area (Å²) >= 11 is 0. The number of hydrogen-bond acceptors (Lipinski definition) is 3. The quantitative estimate of drug-likeness (QED) is 0.820. The standard InChI is InChI=1S/C13H18N2O2/c1-3-7-17-9-5-6-11-10(8-9)12(14-4-2)13(16)15-11/h5-6,8,12,14H,3-4,7H2,1-2H3,(H,15,16). The fraction of sp³-hybridized carbons (Fsp3) is 0.462. The Bertz CT molecular complexity index is 418. The van der Waals surface area contributed by atoms with E-state index in [1.807, 2.05) is 25.1 Å². The largest absolute Gasteiger partial charge is 0.494 e. The van der Waals surface area contributed by atoms with Crippen LogP contribution in [-0.4, -0.2) is 19.1 Å². The van der Waals surface area contributed by atoms with Crippen molar-refractivity contribution in [3.63, 3.8) is 0 Å². The molecule has 1 heterocycles. The molecule has 1 aliphatic heterocycles. The average molecular weight is 234 g/mol.